The molecule has 0 spiro atoms. The number of para-hydroxylation sites is 1. The van der Waals surface area contributed by atoms with Gasteiger partial charge in [0.05, 0.1) is 22.7 Å². The summed E-state index contributed by atoms with van der Waals surface area (Å²) in [4.78, 5) is 23.0. The Hall–Kier alpha value is -2.42. The van der Waals surface area contributed by atoms with E-state index in [1.165, 1.54) is 31.2 Å². The molecule has 0 radical (unpaired) electrons. The first-order valence-corrected chi connectivity index (χ1v) is 9.62. The first kappa shape index (κ1) is 18.4. The Labute approximate surface area is 156 Å². The summed E-state index contributed by atoms with van der Waals surface area (Å²) in [5.74, 6) is 0.0103. The highest BCUT2D eigenvalue weighted by Gasteiger charge is 2.16. The monoisotopic (exact) mass is 388 g/mol. The normalized spacial score (nSPS) is 12.1. The molecule has 2 aromatic carbocycles. The summed E-state index contributed by atoms with van der Waals surface area (Å²) in [6.07, 6.45) is 0. The second-order valence-corrected chi connectivity index (χ2v) is 7.34. The van der Waals surface area contributed by atoms with Crippen molar-refractivity contribution in [2.75, 3.05) is 10.1 Å². The second-order valence-electron chi connectivity index (χ2n) is 5.38. The number of fused-ring (bicyclic) bond motifs is 1. The highest BCUT2D eigenvalue weighted by molar-refractivity contribution is 8.14. The summed E-state index contributed by atoms with van der Waals surface area (Å²) >= 11 is -1.67. The molecule has 0 amide bonds. The van der Waals surface area contributed by atoms with Gasteiger partial charge in [-0.3, -0.25) is 13.8 Å². The molecule has 0 aliphatic carbocycles. The number of carbonyl (C=O) groups is 2. The number of anilines is 2. The lowest BCUT2D eigenvalue weighted by Crippen LogP contribution is -2.19. The summed E-state index contributed by atoms with van der Waals surface area (Å²) in [6.45, 7) is 1.40. The second kappa shape index (κ2) is 7.86. The number of nitrogens with zero attached hydrogens (tertiary/aromatic N) is 1. The third-order valence-corrected chi connectivity index (χ3v) is 5.09. The molecule has 1 atom stereocenters. The standard InChI is InChI=1S/C18H15NO5S2/c1-12(20)25-11-16(21)13-6-8-15(9-7-13)19(26(22)23)18-10-14-4-2-3-5-17(14)24-18/h2-10H,11H2,1H3,(H,22,23)/p-1. The van der Waals surface area contributed by atoms with Gasteiger partial charge in [-0.15, -0.1) is 0 Å². The Morgan fingerprint density at radius 1 is 1.15 bits per heavy atom. The van der Waals surface area contributed by atoms with E-state index in [0.29, 0.717) is 16.8 Å². The van der Waals surface area contributed by atoms with Crippen LogP contribution in [0.1, 0.15) is 17.3 Å². The maximum absolute atomic E-state index is 12.0. The van der Waals surface area contributed by atoms with Gasteiger partial charge in [-0.25, -0.2) is 4.31 Å². The molecule has 3 rings (SSSR count). The first-order chi connectivity index (χ1) is 12.5. The molecule has 3 aromatic rings. The maximum atomic E-state index is 12.0. The molecular formula is C18H14NO5S2-. The lowest BCUT2D eigenvalue weighted by molar-refractivity contribution is -0.109. The van der Waals surface area contributed by atoms with E-state index in [0.717, 1.165) is 21.5 Å². The molecule has 26 heavy (non-hydrogen) atoms. The number of rotatable bonds is 6. The van der Waals surface area contributed by atoms with Crippen LogP contribution in [0.3, 0.4) is 0 Å². The molecule has 8 heteroatoms. The van der Waals surface area contributed by atoms with Crippen LogP contribution >= 0.6 is 11.8 Å². The molecule has 0 saturated heterocycles. The Bertz CT molecular complexity index is 948. The third-order valence-electron chi connectivity index (χ3n) is 3.59. The van der Waals surface area contributed by atoms with Crippen LogP contribution in [-0.2, 0) is 16.1 Å². The fourth-order valence-electron chi connectivity index (χ4n) is 2.39. The number of ketones is 1. The molecule has 0 aliphatic rings. The van der Waals surface area contributed by atoms with E-state index >= 15 is 0 Å². The van der Waals surface area contributed by atoms with Crippen LogP contribution < -0.4 is 4.31 Å². The number of hydrogen-bond donors (Lipinski definition) is 0. The van der Waals surface area contributed by atoms with Gasteiger partial charge in [0.1, 0.15) is 5.58 Å². The Balaban J connectivity index is 1.88. The Kier molecular flexibility index (Phi) is 5.55. The quantitative estimate of drug-likeness (QED) is 0.471. The van der Waals surface area contributed by atoms with Gasteiger partial charge in [-0.2, -0.15) is 0 Å². The summed E-state index contributed by atoms with van der Waals surface area (Å²) < 4.78 is 30.1. The molecule has 1 unspecified atom stereocenters. The van der Waals surface area contributed by atoms with Crippen molar-refractivity contribution in [3.05, 3.63) is 60.2 Å². The van der Waals surface area contributed by atoms with Gasteiger partial charge in [0.25, 0.3) is 0 Å². The summed E-state index contributed by atoms with van der Waals surface area (Å²) in [5.41, 5.74) is 1.32. The van der Waals surface area contributed by atoms with Crippen molar-refractivity contribution in [3.8, 4) is 0 Å². The minimum absolute atomic E-state index is 0.0510. The van der Waals surface area contributed by atoms with E-state index in [1.807, 2.05) is 12.1 Å². The van der Waals surface area contributed by atoms with Crippen molar-refractivity contribution in [1.29, 1.82) is 0 Å². The molecule has 1 heterocycles. The van der Waals surface area contributed by atoms with Crippen molar-refractivity contribution in [2.45, 2.75) is 6.92 Å². The van der Waals surface area contributed by atoms with Crippen LogP contribution in [0.25, 0.3) is 11.0 Å². The van der Waals surface area contributed by atoms with Crippen molar-refractivity contribution in [2.24, 2.45) is 0 Å². The van der Waals surface area contributed by atoms with Gasteiger partial charge in [0.2, 0.25) is 5.88 Å². The number of Topliss-reactive ketones (excluding diaryl/α,β-unsaturated/α-hetero) is 1. The third kappa shape index (κ3) is 4.04. The maximum Gasteiger partial charge on any atom is 0.212 e. The lowest BCUT2D eigenvalue weighted by atomic mass is 10.1. The molecule has 6 nitrogen and oxygen atoms in total. The molecule has 134 valence electrons. The van der Waals surface area contributed by atoms with Crippen LogP contribution in [0.5, 0.6) is 0 Å². The molecular weight excluding hydrogens is 374 g/mol. The lowest BCUT2D eigenvalue weighted by Gasteiger charge is -2.23. The number of benzene rings is 2. The van der Waals surface area contributed by atoms with E-state index < -0.39 is 11.3 Å². The predicted octanol–water partition coefficient (Wildman–Crippen LogP) is 3.83. The number of hydrogen-bond acceptors (Lipinski definition) is 6. The Morgan fingerprint density at radius 3 is 2.46 bits per heavy atom. The SMILES string of the molecule is CC(=O)SCC(=O)c1ccc(N(c2cc3ccccc3o2)S(=O)[O-])cc1. The van der Waals surface area contributed by atoms with Crippen molar-refractivity contribution < 1.29 is 22.8 Å². The van der Waals surface area contributed by atoms with Crippen LogP contribution in [0.2, 0.25) is 0 Å². The summed E-state index contributed by atoms with van der Waals surface area (Å²) in [6, 6.07) is 14.9. The average molecular weight is 388 g/mol. The zero-order chi connectivity index (χ0) is 18.7. The minimum Gasteiger partial charge on any atom is -0.755 e. The molecule has 0 aliphatic heterocycles. The van der Waals surface area contributed by atoms with Gasteiger partial charge in [-0.05, 0) is 30.3 Å². The predicted molar refractivity (Wildman–Crippen MR) is 101 cm³/mol. The van der Waals surface area contributed by atoms with Crippen molar-refractivity contribution >= 4 is 56.5 Å². The first-order valence-electron chi connectivity index (χ1n) is 7.60. The fourth-order valence-corrected chi connectivity index (χ4v) is 3.42. The fraction of sp³-hybridized carbons (Fsp3) is 0.111. The minimum atomic E-state index is -2.60. The molecule has 0 fully saturated rings. The Morgan fingerprint density at radius 2 is 1.85 bits per heavy atom. The van der Waals surface area contributed by atoms with E-state index in [9.17, 15) is 18.4 Å². The zero-order valence-electron chi connectivity index (χ0n) is 13.7. The smallest absolute Gasteiger partial charge is 0.212 e. The van der Waals surface area contributed by atoms with Crippen LogP contribution in [-0.4, -0.2) is 25.4 Å². The van der Waals surface area contributed by atoms with Gasteiger partial charge < -0.3 is 8.97 Å². The molecule has 0 N–H and O–H groups in total. The summed E-state index contributed by atoms with van der Waals surface area (Å²) in [7, 11) is 0. The van der Waals surface area contributed by atoms with Crippen molar-refractivity contribution in [3.63, 3.8) is 0 Å². The van der Waals surface area contributed by atoms with E-state index in [-0.39, 0.29) is 22.5 Å². The van der Waals surface area contributed by atoms with Crippen LogP contribution in [0.4, 0.5) is 11.6 Å². The largest absolute Gasteiger partial charge is 0.755 e. The average Bonchev–Trinajstić information content (AvgIpc) is 3.03. The van der Waals surface area contributed by atoms with Crippen molar-refractivity contribution in [1.82, 2.24) is 0 Å². The molecule has 1 aromatic heterocycles. The van der Waals surface area contributed by atoms with Crippen LogP contribution in [0.15, 0.2) is 59.0 Å². The number of furan rings is 1. The topological polar surface area (TPSA) is 90.7 Å². The van der Waals surface area contributed by atoms with Crippen LogP contribution in [0, 0.1) is 0 Å². The van der Waals surface area contributed by atoms with Gasteiger partial charge in [-0.1, -0.05) is 30.0 Å². The van der Waals surface area contributed by atoms with Gasteiger partial charge in [0, 0.05) is 23.9 Å². The molecule has 0 saturated carbocycles. The molecule has 0 bridgehead atoms. The van der Waals surface area contributed by atoms with Gasteiger partial charge in [0.15, 0.2) is 10.9 Å². The number of carbonyl (C=O) groups excluding carboxylic acids is 2. The van der Waals surface area contributed by atoms with E-state index in [2.05, 4.69) is 0 Å². The van der Waals surface area contributed by atoms with E-state index in [4.69, 9.17) is 4.42 Å². The number of thioether (sulfide) groups is 1. The zero-order valence-corrected chi connectivity index (χ0v) is 15.3. The highest BCUT2D eigenvalue weighted by atomic mass is 32.2. The van der Waals surface area contributed by atoms with Gasteiger partial charge >= 0.3 is 0 Å². The summed E-state index contributed by atoms with van der Waals surface area (Å²) in [5, 5.41) is 0.652. The highest BCUT2D eigenvalue weighted by Crippen LogP contribution is 2.32. The van der Waals surface area contributed by atoms with E-state index in [1.54, 1.807) is 18.2 Å².